The number of hydrogen-bond donors (Lipinski definition) is 2. The molecule has 2 amide bonds. The second kappa shape index (κ2) is 9.32. The van der Waals surface area contributed by atoms with Gasteiger partial charge in [-0.2, -0.15) is 5.10 Å². The summed E-state index contributed by atoms with van der Waals surface area (Å²) in [4.78, 5) is 24.4. The summed E-state index contributed by atoms with van der Waals surface area (Å²) in [6.07, 6.45) is 0.236. The fourth-order valence-electron chi connectivity index (χ4n) is 3.07. The van der Waals surface area contributed by atoms with Crippen LogP contribution in [-0.2, 0) is 22.4 Å². The SMILES string of the molecule is Cc1ccc(-n2nc(C)c(CC(=O)NNC(=O)Cc3ccc(Cl)cc3)c2C)cc1Cl. The zero-order chi connectivity index (χ0) is 21.8. The highest BCUT2D eigenvalue weighted by molar-refractivity contribution is 6.31. The molecule has 8 heteroatoms. The van der Waals surface area contributed by atoms with Gasteiger partial charge in [0.05, 0.1) is 24.2 Å². The van der Waals surface area contributed by atoms with Crippen LogP contribution in [0.25, 0.3) is 5.69 Å². The van der Waals surface area contributed by atoms with Gasteiger partial charge in [-0.1, -0.05) is 41.4 Å². The molecule has 1 aromatic heterocycles. The van der Waals surface area contributed by atoms with Crippen molar-refractivity contribution in [3.63, 3.8) is 0 Å². The Morgan fingerprint density at radius 1 is 0.933 bits per heavy atom. The number of aryl methyl sites for hydroxylation is 2. The number of hydrazine groups is 1. The van der Waals surface area contributed by atoms with Gasteiger partial charge in [-0.15, -0.1) is 0 Å². The molecule has 0 radical (unpaired) electrons. The monoisotopic (exact) mass is 444 g/mol. The van der Waals surface area contributed by atoms with Crippen LogP contribution in [0, 0.1) is 20.8 Å². The van der Waals surface area contributed by atoms with Crippen LogP contribution in [-0.4, -0.2) is 21.6 Å². The molecule has 0 bridgehead atoms. The van der Waals surface area contributed by atoms with Crippen molar-refractivity contribution in [2.24, 2.45) is 0 Å². The summed E-state index contributed by atoms with van der Waals surface area (Å²) < 4.78 is 1.77. The van der Waals surface area contributed by atoms with Crippen LogP contribution in [0.5, 0.6) is 0 Å². The third-order valence-corrected chi connectivity index (χ3v) is 5.46. The molecule has 3 rings (SSSR count). The van der Waals surface area contributed by atoms with Crippen LogP contribution in [0.15, 0.2) is 42.5 Å². The highest BCUT2D eigenvalue weighted by Crippen LogP contribution is 2.23. The van der Waals surface area contributed by atoms with Gasteiger partial charge in [0, 0.05) is 21.3 Å². The third-order valence-electron chi connectivity index (χ3n) is 4.80. The number of benzene rings is 2. The Hall–Kier alpha value is -2.83. The van der Waals surface area contributed by atoms with E-state index >= 15 is 0 Å². The smallest absolute Gasteiger partial charge is 0.242 e. The normalized spacial score (nSPS) is 10.7. The Balaban J connectivity index is 1.62. The number of carbonyl (C=O) groups is 2. The maximum atomic E-state index is 12.4. The molecular formula is C22H22Cl2N4O2. The fraction of sp³-hybridized carbons (Fsp3) is 0.227. The Morgan fingerprint density at radius 3 is 2.20 bits per heavy atom. The molecule has 0 aliphatic carbocycles. The van der Waals surface area contributed by atoms with E-state index in [-0.39, 0.29) is 24.7 Å². The van der Waals surface area contributed by atoms with Gasteiger partial charge in [0.2, 0.25) is 11.8 Å². The zero-order valence-corrected chi connectivity index (χ0v) is 18.4. The number of nitrogens with zero attached hydrogens (tertiary/aromatic N) is 2. The molecule has 0 aliphatic heterocycles. The molecule has 0 unspecified atom stereocenters. The van der Waals surface area contributed by atoms with Crippen LogP contribution < -0.4 is 10.9 Å². The van der Waals surface area contributed by atoms with E-state index in [1.165, 1.54) is 0 Å². The van der Waals surface area contributed by atoms with Gasteiger partial charge >= 0.3 is 0 Å². The van der Waals surface area contributed by atoms with E-state index in [0.29, 0.717) is 10.0 Å². The average Bonchev–Trinajstić information content (AvgIpc) is 2.98. The fourth-order valence-corrected chi connectivity index (χ4v) is 3.37. The Labute approximate surface area is 185 Å². The minimum Gasteiger partial charge on any atom is -0.273 e. The summed E-state index contributed by atoms with van der Waals surface area (Å²) in [6, 6.07) is 12.7. The Kier molecular flexibility index (Phi) is 6.80. The molecule has 3 aromatic rings. The molecule has 0 atom stereocenters. The predicted molar refractivity (Wildman–Crippen MR) is 118 cm³/mol. The van der Waals surface area contributed by atoms with Gasteiger partial charge in [-0.25, -0.2) is 4.68 Å². The lowest BCUT2D eigenvalue weighted by Gasteiger charge is -2.09. The molecular weight excluding hydrogens is 423 g/mol. The second-order valence-corrected chi connectivity index (χ2v) is 7.91. The van der Waals surface area contributed by atoms with Crippen LogP contribution in [0.3, 0.4) is 0 Å². The van der Waals surface area contributed by atoms with E-state index in [9.17, 15) is 9.59 Å². The lowest BCUT2D eigenvalue weighted by molar-refractivity contribution is -0.128. The van der Waals surface area contributed by atoms with Crippen molar-refractivity contribution in [3.05, 3.63) is 80.6 Å². The molecule has 1 heterocycles. The van der Waals surface area contributed by atoms with Gasteiger partial charge in [0.1, 0.15) is 0 Å². The van der Waals surface area contributed by atoms with E-state index in [2.05, 4.69) is 16.0 Å². The predicted octanol–water partition coefficient (Wildman–Crippen LogP) is 4.04. The Bertz CT molecular complexity index is 1090. The summed E-state index contributed by atoms with van der Waals surface area (Å²) in [6.45, 7) is 5.68. The maximum absolute atomic E-state index is 12.4. The number of nitrogens with one attached hydrogen (secondary N) is 2. The Morgan fingerprint density at radius 2 is 1.57 bits per heavy atom. The first kappa shape index (κ1) is 21.9. The largest absolute Gasteiger partial charge is 0.273 e. The zero-order valence-electron chi connectivity index (χ0n) is 16.9. The van der Waals surface area contributed by atoms with Crippen LogP contribution in [0.1, 0.15) is 28.1 Å². The lowest BCUT2D eigenvalue weighted by Crippen LogP contribution is -2.43. The van der Waals surface area contributed by atoms with Crippen LogP contribution >= 0.6 is 23.2 Å². The van der Waals surface area contributed by atoms with Crippen LogP contribution in [0.4, 0.5) is 0 Å². The third kappa shape index (κ3) is 5.20. The molecule has 0 aliphatic rings. The van der Waals surface area contributed by atoms with Crippen molar-refractivity contribution in [1.29, 1.82) is 0 Å². The maximum Gasteiger partial charge on any atom is 0.242 e. The van der Waals surface area contributed by atoms with Gasteiger partial charge in [-0.3, -0.25) is 20.4 Å². The molecule has 6 nitrogen and oxygen atoms in total. The number of rotatable bonds is 5. The van der Waals surface area contributed by atoms with Crippen molar-refractivity contribution in [1.82, 2.24) is 20.6 Å². The van der Waals surface area contributed by atoms with E-state index in [4.69, 9.17) is 23.2 Å². The number of carbonyl (C=O) groups excluding carboxylic acids is 2. The number of hydrogen-bond acceptors (Lipinski definition) is 3. The van der Waals surface area contributed by atoms with Gasteiger partial charge < -0.3 is 0 Å². The summed E-state index contributed by atoms with van der Waals surface area (Å²) in [5, 5.41) is 5.80. The van der Waals surface area contributed by atoms with Gasteiger partial charge in [0.15, 0.2) is 0 Å². The number of halogens is 2. The summed E-state index contributed by atoms with van der Waals surface area (Å²) in [5.41, 5.74) is 9.90. The summed E-state index contributed by atoms with van der Waals surface area (Å²) >= 11 is 12.1. The average molecular weight is 445 g/mol. The summed E-state index contributed by atoms with van der Waals surface area (Å²) in [7, 11) is 0. The minimum absolute atomic E-state index is 0.0957. The lowest BCUT2D eigenvalue weighted by atomic mass is 10.1. The molecule has 0 saturated carbocycles. The summed E-state index contributed by atoms with van der Waals surface area (Å²) in [5.74, 6) is -0.642. The van der Waals surface area contributed by atoms with Crippen molar-refractivity contribution in [2.45, 2.75) is 33.6 Å². The molecule has 30 heavy (non-hydrogen) atoms. The van der Waals surface area contributed by atoms with E-state index in [1.807, 2.05) is 39.0 Å². The van der Waals surface area contributed by atoms with Crippen molar-refractivity contribution < 1.29 is 9.59 Å². The number of amides is 2. The molecule has 2 aromatic carbocycles. The van der Waals surface area contributed by atoms with Crippen molar-refractivity contribution >= 4 is 35.0 Å². The van der Waals surface area contributed by atoms with Crippen molar-refractivity contribution in [3.8, 4) is 5.69 Å². The first-order valence-electron chi connectivity index (χ1n) is 9.38. The molecule has 0 fully saturated rings. The van der Waals surface area contributed by atoms with Gasteiger partial charge in [-0.05, 0) is 56.2 Å². The van der Waals surface area contributed by atoms with E-state index < -0.39 is 0 Å². The molecule has 0 spiro atoms. The second-order valence-electron chi connectivity index (χ2n) is 7.07. The number of aromatic nitrogens is 2. The van der Waals surface area contributed by atoms with Gasteiger partial charge in [0.25, 0.3) is 0 Å². The van der Waals surface area contributed by atoms with Crippen molar-refractivity contribution in [2.75, 3.05) is 0 Å². The molecule has 156 valence electrons. The molecule has 2 N–H and O–H groups in total. The topological polar surface area (TPSA) is 76.0 Å². The van der Waals surface area contributed by atoms with E-state index in [0.717, 1.165) is 33.8 Å². The minimum atomic E-state index is -0.327. The van der Waals surface area contributed by atoms with Crippen LogP contribution in [0.2, 0.25) is 10.0 Å². The van der Waals surface area contributed by atoms with E-state index in [1.54, 1.807) is 28.9 Å². The first-order valence-corrected chi connectivity index (χ1v) is 10.1. The highest BCUT2D eigenvalue weighted by atomic mass is 35.5. The highest BCUT2D eigenvalue weighted by Gasteiger charge is 2.17. The molecule has 0 saturated heterocycles. The quantitative estimate of drug-likeness (QED) is 0.583. The first-order chi connectivity index (χ1) is 14.2. The standard InChI is InChI=1S/C22H22Cl2N4O2/c1-13-4-9-18(11-20(13)24)28-15(3)19(14(2)27-28)12-22(30)26-25-21(29)10-16-5-7-17(23)8-6-16/h4-9,11H,10,12H2,1-3H3,(H,25,29)(H,26,30).